The average Bonchev–Trinajstić information content (AvgIpc) is 2.86. The fourth-order valence-corrected chi connectivity index (χ4v) is 4.91. The van der Waals surface area contributed by atoms with Gasteiger partial charge in [0.1, 0.15) is 0 Å². The number of carbonyl (C=O) groups excluding carboxylic acids is 1. The Morgan fingerprint density at radius 1 is 1.30 bits per heavy atom. The summed E-state index contributed by atoms with van der Waals surface area (Å²) in [4.78, 5) is 12.7. The molecule has 1 N–H and O–H groups in total. The standard InChI is InChI=1S/C19H23ClN2O/c1-22-12-15(18-14(20)3-2-4-16(18)22)21-17(23)11-19-8-5-13(6-9-19)7-10-19/h2-4,12-13H,5-11H2,1H3,(H,21,23). The molecule has 1 amide bonds. The quantitative estimate of drug-likeness (QED) is 0.831. The van der Waals surface area contributed by atoms with Crippen molar-refractivity contribution in [3.63, 3.8) is 0 Å². The zero-order valence-electron chi connectivity index (χ0n) is 13.6. The van der Waals surface area contributed by atoms with Gasteiger partial charge in [-0.3, -0.25) is 4.79 Å². The zero-order chi connectivity index (χ0) is 16.0. The molecule has 0 spiro atoms. The van der Waals surface area contributed by atoms with E-state index in [9.17, 15) is 4.79 Å². The lowest BCUT2D eigenvalue weighted by Crippen LogP contribution is -2.37. The van der Waals surface area contributed by atoms with Crippen LogP contribution in [0.1, 0.15) is 44.9 Å². The van der Waals surface area contributed by atoms with Crippen molar-refractivity contribution in [2.75, 3.05) is 5.32 Å². The molecule has 3 nitrogen and oxygen atoms in total. The van der Waals surface area contributed by atoms with Crippen molar-refractivity contribution in [2.24, 2.45) is 18.4 Å². The second kappa shape index (κ2) is 5.55. The lowest BCUT2D eigenvalue weighted by atomic mass is 9.59. The van der Waals surface area contributed by atoms with Gasteiger partial charge in [-0.2, -0.15) is 0 Å². The first kappa shape index (κ1) is 15.1. The van der Waals surface area contributed by atoms with Gasteiger partial charge in [0.15, 0.2) is 0 Å². The molecule has 122 valence electrons. The summed E-state index contributed by atoms with van der Waals surface area (Å²) in [5, 5.41) is 4.76. The minimum Gasteiger partial charge on any atom is -0.348 e. The van der Waals surface area contributed by atoms with Gasteiger partial charge < -0.3 is 9.88 Å². The molecule has 1 aromatic heterocycles. The maximum absolute atomic E-state index is 12.7. The van der Waals surface area contributed by atoms with Gasteiger partial charge in [-0.25, -0.2) is 0 Å². The summed E-state index contributed by atoms with van der Waals surface area (Å²) in [6, 6.07) is 5.84. The smallest absolute Gasteiger partial charge is 0.224 e. The van der Waals surface area contributed by atoms with E-state index in [1.165, 1.54) is 38.5 Å². The van der Waals surface area contributed by atoms with E-state index in [-0.39, 0.29) is 11.3 Å². The van der Waals surface area contributed by atoms with Crippen molar-refractivity contribution in [3.8, 4) is 0 Å². The van der Waals surface area contributed by atoms with E-state index in [0.717, 1.165) is 22.5 Å². The van der Waals surface area contributed by atoms with Crippen molar-refractivity contribution in [2.45, 2.75) is 44.9 Å². The molecule has 23 heavy (non-hydrogen) atoms. The highest BCUT2D eigenvalue weighted by Gasteiger charge is 2.41. The van der Waals surface area contributed by atoms with Gasteiger partial charge in [0.05, 0.1) is 16.2 Å². The van der Waals surface area contributed by atoms with E-state index in [1.807, 2.05) is 36.0 Å². The second-order valence-electron chi connectivity index (χ2n) is 7.49. The molecule has 4 heteroatoms. The van der Waals surface area contributed by atoms with Crippen LogP contribution >= 0.6 is 11.6 Å². The topological polar surface area (TPSA) is 34.0 Å². The number of fused-ring (bicyclic) bond motifs is 4. The molecule has 1 heterocycles. The minimum absolute atomic E-state index is 0.137. The van der Waals surface area contributed by atoms with Crippen LogP contribution in [0.25, 0.3) is 10.9 Å². The highest BCUT2D eigenvalue weighted by atomic mass is 35.5. The van der Waals surface area contributed by atoms with Gasteiger partial charge in [-0.05, 0) is 62.0 Å². The van der Waals surface area contributed by atoms with Crippen LogP contribution in [0, 0.1) is 11.3 Å². The number of hydrogen-bond acceptors (Lipinski definition) is 1. The predicted octanol–water partition coefficient (Wildman–Crippen LogP) is 5.13. The highest BCUT2D eigenvalue weighted by Crippen LogP contribution is 2.52. The Hall–Kier alpha value is -1.48. The van der Waals surface area contributed by atoms with Crippen LogP contribution in [-0.4, -0.2) is 10.5 Å². The summed E-state index contributed by atoms with van der Waals surface area (Å²) < 4.78 is 2.01. The molecule has 3 aliphatic carbocycles. The Balaban J connectivity index is 1.55. The molecule has 3 fully saturated rings. The summed E-state index contributed by atoms with van der Waals surface area (Å²) in [7, 11) is 1.98. The number of aryl methyl sites for hydroxylation is 1. The first-order chi connectivity index (χ1) is 11.1. The first-order valence-electron chi connectivity index (χ1n) is 8.60. The van der Waals surface area contributed by atoms with E-state index in [1.54, 1.807) is 0 Å². The first-order valence-corrected chi connectivity index (χ1v) is 8.98. The lowest BCUT2D eigenvalue weighted by molar-refractivity contribution is -0.120. The number of aromatic nitrogens is 1. The molecule has 3 saturated carbocycles. The number of hydrogen-bond donors (Lipinski definition) is 1. The molecule has 0 atom stereocenters. The van der Waals surface area contributed by atoms with E-state index in [0.29, 0.717) is 11.4 Å². The largest absolute Gasteiger partial charge is 0.348 e. The van der Waals surface area contributed by atoms with Crippen LogP contribution in [0.2, 0.25) is 5.02 Å². The van der Waals surface area contributed by atoms with Crippen molar-refractivity contribution in [1.82, 2.24) is 4.57 Å². The molecule has 1 aromatic carbocycles. The third-order valence-corrected chi connectivity index (χ3v) is 6.34. The van der Waals surface area contributed by atoms with Gasteiger partial charge in [-0.15, -0.1) is 0 Å². The second-order valence-corrected chi connectivity index (χ2v) is 7.90. The van der Waals surface area contributed by atoms with Crippen LogP contribution in [0.3, 0.4) is 0 Å². The summed E-state index contributed by atoms with van der Waals surface area (Å²) in [6.07, 6.45) is 10.2. The van der Waals surface area contributed by atoms with Gasteiger partial charge in [0.25, 0.3) is 0 Å². The Kier molecular flexibility index (Phi) is 3.64. The fraction of sp³-hybridized carbons (Fsp3) is 0.526. The maximum atomic E-state index is 12.7. The average molecular weight is 331 g/mol. The number of nitrogens with zero attached hydrogens (tertiary/aromatic N) is 1. The summed E-state index contributed by atoms with van der Waals surface area (Å²) in [5.74, 6) is 1.06. The number of carbonyl (C=O) groups is 1. The fourth-order valence-electron chi connectivity index (χ4n) is 4.63. The number of benzene rings is 1. The van der Waals surface area contributed by atoms with Crippen molar-refractivity contribution in [3.05, 3.63) is 29.4 Å². The Labute approximate surface area is 142 Å². The zero-order valence-corrected chi connectivity index (χ0v) is 14.3. The minimum atomic E-state index is 0.137. The molecule has 0 saturated heterocycles. The Morgan fingerprint density at radius 3 is 2.70 bits per heavy atom. The van der Waals surface area contributed by atoms with Gasteiger partial charge in [-0.1, -0.05) is 17.7 Å². The number of rotatable bonds is 3. The highest BCUT2D eigenvalue weighted by molar-refractivity contribution is 6.36. The molecule has 0 aliphatic heterocycles. The van der Waals surface area contributed by atoms with Crippen LogP contribution < -0.4 is 5.32 Å². The van der Waals surface area contributed by atoms with Crippen molar-refractivity contribution >= 4 is 34.1 Å². The predicted molar refractivity (Wildman–Crippen MR) is 94.8 cm³/mol. The van der Waals surface area contributed by atoms with E-state index < -0.39 is 0 Å². The third kappa shape index (κ3) is 2.65. The molecular weight excluding hydrogens is 308 g/mol. The van der Waals surface area contributed by atoms with E-state index in [4.69, 9.17) is 11.6 Å². The molecule has 0 unspecified atom stereocenters. The Bertz CT molecular complexity index is 742. The van der Waals surface area contributed by atoms with Crippen LogP contribution in [0.4, 0.5) is 5.69 Å². The van der Waals surface area contributed by atoms with Crippen LogP contribution in [0.15, 0.2) is 24.4 Å². The van der Waals surface area contributed by atoms with Gasteiger partial charge in [0.2, 0.25) is 5.91 Å². The Morgan fingerprint density at radius 2 is 2.00 bits per heavy atom. The van der Waals surface area contributed by atoms with Crippen LogP contribution in [0.5, 0.6) is 0 Å². The third-order valence-electron chi connectivity index (χ3n) is 6.02. The summed E-state index contributed by atoms with van der Waals surface area (Å²) in [6.45, 7) is 0. The van der Waals surface area contributed by atoms with E-state index in [2.05, 4.69) is 5.32 Å². The molecule has 2 bridgehead atoms. The number of nitrogens with one attached hydrogen (secondary N) is 1. The summed E-state index contributed by atoms with van der Waals surface area (Å²) >= 11 is 6.35. The van der Waals surface area contributed by atoms with Gasteiger partial charge in [0, 0.05) is 25.1 Å². The maximum Gasteiger partial charge on any atom is 0.224 e. The lowest BCUT2D eigenvalue weighted by Gasteiger charge is -2.46. The van der Waals surface area contributed by atoms with Crippen LogP contribution in [-0.2, 0) is 11.8 Å². The number of halogens is 1. The number of amides is 1. The van der Waals surface area contributed by atoms with E-state index >= 15 is 0 Å². The molecular formula is C19H23ClN2O. The molecule has 5 rings (SSSR count). The molecule has 3 aliphatic rings. The normalized spacial score (nSPS) is 26.6. The molecule has 2 aromatic rings. The van der Waals surface area contributed by atoms with Gasteiger partial charge >= 0.3 is 0 Å². The monoisotopic (exact) mass is 330 g/mol. The van der Waals surface area contributed by atoms with Crippen molar-refractivity contribution in [1.29, 1.82) is 0 Å². The summed E-state index contributed by atoms with van der Waals surface area (Å²) in [5.41, 5.74) is 2.14. The molecule has 0 radical (unpaired) electrons. The number of anilines is 1. The van der Waals surface area contributed by atoms with Crippen molar-refractivity contribution < 1.29 is 4.79 Å². The SMILES string of the molecule is Cn1cc(NC(=O)CC23CCC(CC2)CC3)c2c(Cl)cccc21.